The summed E-state index contributed by atoms with van der Waals surface area (Å²) in [6.07, 6.45) is -1.26. The second-order valence-corrected chi connectivity index (χ2v) is 31.6. The maximum absolute atomic E-state index is 14.7. The van der Waals surface area contributed by atoms with Crippen LogP contribution in [0.15, 0.2) is 17.5 Å². The number of rotatable bonds is 19. The predicted octanol–water partition coefficient (Wildman–Crippen LogP) is -12.2. The second-order valence-electron chi connectivity index (χ2n) is 26.5. The molecule has 0 unspecified atom stereocenters. The number of aliphatic carboxylic acids is 1. The van der Waals surface area contributed by atoms with E-state index in [2.05, 4.69) is 84.1 Å². The van der Waals surface area contributed by atoms with E-state index >= 15 is 0 Å². The summed E-state index contributed by atoms with van der Waals surface area (Å²) in [4.78, 5) is 278. The molecule has 1 aromatic heterocycles. The van der Waals surface area contributed by atoms with Gasteiger partial charge in [0.05, 0.1) is 45.3 Å². The standard InChI is InChI=1S/C63H98N24O22S4/c1-4-27(2)47-60(107)82-37(48(67)95)22-110-112-25-40-57(104)81-36(21-89)54(101)78-33(14-29-19-70-26-72-29)61(108)86-12-6-9-41(86)58(105)73-28(3)49(96)83-39(24-113-111-23-38(55(102)84-40)74-45(92)18-64)56(103)80-35(20-88)53(100)75-30(8-5-11-71-63(68)69)50(97)76-31(15-43(65)90)51(98)79-34(16-44(66)91)62(109)87-13-7-10-42(87)59(106)77-32(17-46(93)94)52(99)85-47/h19,26-28,30-42,47,88-89H,4-18,20-25,64H2,1-3H3,(H2,65,90)(H2,66,91)(H2,67,95)(H,70,72)(H,73,105)(H,74,92)(H,75,100)(H,76,97)(H,77,106)(H,78,101)(H,79,98)(H,80,103)(H,81,104)(H,82,107)(H,83,96)(H,84,102)(H,85,99)(H,93,94)(H4,68,69,71)/t27-,28-,30-,31-,32-,33-,34-,35-,36-,37-,38-,39-,40-,41-,42-,47-/m0/s1. The van der Waals surface area contributed by atoms with Gasteiger partial charge >= 0.3 is 5.97 Å². The number of aliphatic hydroxyl groups is 2. The Morgan fingerprint density at radius 1 is 0.558 bits per heavy atom. The largest absolute Gasteiger partial charge is 0.481 e. The van der Waals surface area contributed by atoms with Crippen LogP contribution in [0.1, 0.15) is 90.7 Å². The van der Waals surface area contributed by atoms with E-state index in [1.807, 2.05) is 0 Å². The minimum Gasteiger partial charge on any atom is -0.481 e. The maximum atomic E-state index is 14.7. The highest BCUT2D eigenvalue weighted by atomic mass is 33.1. The third-order valence-electron chi connectivity index (χ3n) is 18.0. The molecule has 0 saturated carbocycles. The van der Waals surface area contributed by atoms with E-state index in [1.54, 1.807) is 6.92 Å². The lowest BCUT2D eigenvalue weighted by Crippen LogP contribution is -2.62. The third kappa shape index (κ3) is 29.3. The Morgan fingerprint density at radius 3 is 1.55 bits per heavy atom. The van der Waals surface area contributed by atoms with Gasteiger partial charge in [0, 0.05) is 61.0 Å². The Balaban J connectivity index is 1.67. The number of nitrogens with two attached hydrogens (primary N) is 6. The van der Waals surface area contributed by atoms with Crippen molar-refractivity contribution in [3.8, 4) is 0 Å². The van der Waals surface area contributed by atoms with Gasteiger partial charge in [0.1, 0.15) is 90.6 Å². The van der Waals surface area contributed by atoms with Gasteiger partial charge < -0.3 is 134 Å². The van der Waals surface area contributed by atoms with Crippen molar-refractivity contribution >= 4 is 161 Å². The molecular formula is C63H98N24O22S4. The predicted molar refractivity (Wildman–Crippen MR) is 404 cm³/mol. The molecule has 46 nitrogen and oxygen atoms in total. The van der Waals surface area contributed by atoms with Crippen molar-refractivity contribution in [3.63, 3.8) is 0 Å². The highest BCUT2D eigenvalue weighted by molar-refractivity contribution is 8.77. The molecule has 16 atom stereocenters. The number of nitrogens with one attached hydrogen (secondary N) is 14. The number of hydrogen-bond donors (Lipinski definition) is 23. The number of amides is 18. The van der Waals surface area contributed by atoms with E-state index in [1.165, 1.54) is 26.4 Å². The summed E-state index contributed by atoms with van der Waals surface area (Å²) >= 11 is 0. The number of primary amides is 3. The van der Waals surface area contributed by atoms with Crippen LogP contribution in [0, 0.1) is 5.92 Å². The van der Waals surface area contributed by atoms with Gasteiger partial charge in [0.2, 0.25) is 106 Å². The number of aromatic amines is 1. The SMILES string of the molecule is CC[C@H](C)[C@@H]1NC(=O)[C@H](CC(=O)O)NC(=O)[C@@H]2CCCN2C(=O)[C@H](CC(N)=O)NC(=O)[C@H](CC(N)=O)NC(=O)[C@H](CCCN=C(N)N)NC(=O)[C@H](CO)NC(=O)[C@@H]2CSSC[C@H](NC(=O)CN)C(=O)N[C@@H](CSSC[C@@H](C(N)=O)NC1=O)C(=O)N[C@@H](CO)C(=O)N[C@@H](Cc1cnc[nH]1)C(=O)N1CCC[C@H]1C(=O)N[C@@H](C)C(=O)N2. The van der Waals surface area contributed by atoms with E-state index < -0.39 is 283 Å². The smallest absolute Gasteiger partial charge is 0.305 e. The summed E-state index contributed by atoms with van der Waals surface area (Å²) in [6, 6.07) is -26.3. The van der Waals surface area contributed by atoms with E-state index in [-0.39, 0.29) is 70.3 Å². The van der Waals surface area contributed by atoms with Gasteiger partial charge in [-0.2, -0.15) is 0 Å². The first-order valence-electron chi connectivity index (χ1n) is 35.6. The van der Waals surface area contributed by atoms with Gasteiger partial charge in [-0.3, -0.25) is 96.1 Å². The molecule has 4 aliphatic rings. The zero-order valence-electron chi connectivity index (χ0n) is 61.7. The summed E-state index contributed by atoms with van der Waals surface area (Å²) in [7, 11) is 3.04. The summed E-state index contributed by atoms with van der Waals surface area (Å²) in [5.74, 6) is -25.6. The lowest BCUT2D eigenvalue weighted by atomic mass is 9.97. The van der Waals surface area contributed by atoms with Crippen LogP contribution in [0.5, 0.6) is 0 Å². The number of aliphatic hydroxyl groups excluding tert-OH is 2. The number of carboxylic acids is 1. The molecule has 5 rings (SSSR count). The van der Waals surface area contributed by atoms with Gasteiger partial charge in [-0.25, -0.2) is 4.98 Å². The van der Waals surface area contributed by atoms with Crippen molar-refractivity contribution in [2.75, 3.05) is 62.4 Å². The number of H-pyrrole nitrogens is 1. The first-order valence-corrected chi connectivity index (χ1v) is 40.5. The first kappa shape index (κ1) is 93.3. The van der Waals surface area contributed by atoms with Crippen LogP contribution in [0.2, 0.25) is 0 Å². The minimum absolute atomic E-state index is 0.0188. The summed E-state index contributed by atoms with van der Waals surface area (Å²) in [6.45, 7) is 0.647. The minimum atomic E-state index is -2.07. The lowest BCUT2D eigenvalue weighted by Gasteiger charge is -2.31. The molecule has 5 heterocycles. The highest BCUT2D eigenvalue weighted by Gasteiger charge is 2.44. The van der Waals surface area contributed by atoms with Crippen molar-refractivity contribution in [1.82, 2.24) is 88.9 Å². The fraction of sp³-hybridized carbons (Fsp3) is 0.635. The topological polar surface area (TPSA) is 745 Å². The number of imidazole rings is 1. The number of carboxylic acid groups (broad SMARTS) is 1. The van der Waals surface area contributed by atoms with E-state index in [9.17, 15) is 106 Å². The van der Waals surface area contributed by atoms with Crippen LogP contribution in [0.25, 0.3) is 0 Å². The van der Waals surface area contributed by atoms with Crippen LogP contribution in [0.3, 0.4) is 0 Å². The average molecular weight is 1670 g/mol. The summed E-state index contributed by atoms with van der Waals surface area (Å²) in [5.41, 5.74) is 33.8. The van der Waals surface area contributed by atoms with Gasteiger partial charge in [-0.1, -0.05) is 63.4 Å². The van der Waals surface area contributed by atoms with E-state index in [4.69, 9.17) is 34.4 Å². The first-order chi connectivity index (χ1) is 53.5. The fourth-order valence-electron chi connectivity index (χ4n) is 11.7. The summed E-state index contributed by atoms with van der Waals surface area (Å²) in [5, 5.41) is 62.4. The number of nitrogens with zero attached hydrogens (tertiary/aromatic N) is 4. The van der Waals surface area contributed by atoms with E-state index in [0.29, 0.717) is 0 Å². The molecule has 29 N–H and O–H groups in total. The zero-order valence-corrected chi connectivity index (χ0v) is 65.0. The van der Waals surface area contributed by atoms with Crippen LogP contribution in [0.4, 0.5) is 0 Å². The highest BCUT2D eigenvalue weighted by Crippen LogP contribution is 2.27. The Bertz CT molecular complexity index is 3680. The fourth-order valence-corrected chi connectivity index (χ4v) is 16.4. The molecule has 0 spiro atoms. The van der Waals surface area contributed by atoms with Crippen LogP contribution >= 0.6 is 43.2 Å². The molecule has 113 heavy (non-hydrogen) atoms. The summed E-state index contributed by atoms with van der Waals surface area (Å²) < 4.78 is 0. The molecule has 2 bridgehead atoms. The van der Waals surface area contributed by atoms with Crippen molar-refractivity contribution in [2.24, 2.45) is 45.3 Å². The molecule has 626 valence electrons. The van der Waals surface area contributed by atoms with Gasteiger partial charge in [-0.15, -0.1) is 0 Å². The Morgan fingerprint density at radius 2 is 1.03 bits per heavy atom. The van der Waals surface area contributed by atoms with Gasteiger partial charge in [-0.05, 0) is 51.4 Å². The average Bonchev–Trinajstić information content (AvgIpc) is 1.73. The van der Waals surface area contributed by atoms with Crippen molar-refractivity contribution in [1.29, 1.82) is 0 Å². The number of aliphatic imine (C=N–C) groups is 1. The molecule has 4 aliphatic heterocycles. The van der Waals surface area contributed by atoms with Gasteiger partial charge in [0.15, 0.2) is 5.96 Å². The molecule has 0 radical (unpaired) electrons. The monoisotopic (exact) mass is 1670 g/mol. The number of carbonyl (C=O) groups is 19. The molecule has 50 heteroatoms. The maximum Gasteiger partial charge on any atom is 0.305 e. The van der Waals surface area contributed by atoms with Crippen molar-refractivity contribution < 1.29 is 106 Å². The van der Waals surface area contributed by atoms with Crippen LogP contribution in [-0.4, -0.2) is 306 Å². The van der Waals surface area contributed by atoms with E-state index in [0.717, 1.165) is 53.0 Å². The molecule has 18 amide bonds. The number of fused-ring (bicyclic) bond motifs is 10. The number of aromatic nitrogens is 2. The second kappa shape index (κ2) is 46.0. The van der Waals surface area contributed by atoms with Crippen LogP contribution in [-0.2, 0) is 97.5 Å². The Labute approximate surface area is 661 Å². The van der Waals surface area contributed by atoms with Gasteiger partial charge in [0.25, 0.3) is 0 Å². The third-order valence-corrected chi connectivity index (χ3v) is 22.8. The zero-order chi connectivity index (χ0) is 83.9. The number of carbonyl (C=O) groups excluding carboxylic acids is 18. The quantitative estimate of drug-likeness (QED) is 0.0265. The molecular weight excluding hydrogens is 1570 g/mol. The van der Waals surface area contributed by atoms with Crippen LogP contribution < -0.4 is 104 Å². The number of guanidine groups is 1. The Hall–Kier alpha value is -10.3. The number of hydrogen-bond acceptors (Lipinski definition) is 28. The molecule has 0 aromatic carbocycles. The molecule has 0 aliphatic carbocycles. The molecule has 4 fully saturated rings. The molecule has 4 saturated heterocycles. The normalized spacial score (nSPS) is 27.9. The lowest BCUT2D eigenvalue weighted by molar-refractivity contribution is -0.145. The van der Waals surface area contributed by atoms with Crippen molar-refractivity contribution in [2.45, 2.75) is 182 Å². The Kier molecular flexibility index (Phi) is 38.0. The van der Waals surface area contributed by atoms with Crippen molar-refractivity contribution in [3.05, 3.63) is 18.2 Å². The molecule has 1 aromatic rings.